The van der Waals surface area contributed by atoms with Crippen molar-refractivity contribution in [1.82, 2.24) is 10.6 Å². The highest BCUT2D eigenvalue weighted by Crippen LogP contribution is 2.26. The minimum atomic E-state index is -2.90. The zero-order chi connectivity index (χ0) is 19.2. The topological polar surface area (TPSA) is 73.3 Å². The van der Waals surface area contributed by atoms with Gasteiger partial charge in [0.2, 0.25) is 0 Å². The van der Waals surface area contributed by atoms with Crippen LogP contribution in [-0.4, -0.2) is 59.7 Å². The zero-order valence-electron chi connectivity index (χ0n) is 15.4. The zero-order valence-corrected chi connectivity index (χ0v) is 15.4. The standard InChI is InChI=1S/C17H27F2N3O4/c1-4-20-17(21-7-8-25-10-9-23-2)22-12-13-11-14(24-3)5-6-15(13)26-16(18)19/h5-6,11,16H,4,7-10,12H2,1-3H3,(H2,20,21,22). The summed E-state index contributed by atoms with van der Waals surface area (Å²) in [6, 6.07) is 4.63. The molecule has 0 spiro atoms. The Hall–Kier alpha value is -2.13. The fourth-order valence-corrected chi connectivity index (χ4v) is 2.01. The Balaban J connectivity index is 2.69. The van der Waals surface area contributed by atoms with Crippen molar-refractivity contribution >= 4 is 5.96 Å². The van der Waals surface area contributed by atoms with Crippen LogP contribution in [0.5, 0.6) is 11.5 Å². The Labute approximate surface area is 152 Å². The first-order valence-corrected chi connectivity index (χ1v) is 8.31. The predicted molar refractivity (Wildman–Crippen MR) is 95.1 cm³/mol. The molecular weight excluding hydrogens is 348 g/mol. The first kappa shape index (κ1) is 21.9. The summed E-state index contributed by atoms with van der Waals surface area (Å²) in [7, 11) is 3.12. The fourth-order valence-electron chi connectivity index (χ4n) is 2.01. The highest BCUT2D eigenvalue weighted by atomic mass is 19.3. The molecule has 0 radical (unpaired) electrons. The van der Waals surface area contributed by atoms with Crippen molar-refractivity contribution < 1.29 is 27.7 Å². The average molecular weight is 375 g/mol. The van der Waals surface area contributed by atoms with Crippen molar-refractivity contribution in [3.05, 3.63) is 23.8 Å². The molecule has 0 heterocycles. The van der Waals surface area contributed by atoms with Gasteiger partial charge < -0.3 is 29.6 Å². The number of methoxy groups -OCH3 is 2. The van der Waals surface area contributed by atoms with E-state index in [1.54, 1.807) is 19.2 Å². The molecule has 2 N–H and O–H groups in total. The number of nitrogens with zero attached hydrogens (tertiary/aromatic N) is 1. The quantitative estimate of drug-likeness (QED) is 0.331. The van der Waals surface area contributed by atoms with Crippen LogP contribution in [0.25, 0.3) is 0 Å². The first-order valence-electron chi connectivity index (χ1n) is 8.31. The van der Waals surface area contributed by atoms with Gasteiger partial charge in [-0.2, -0.15) is 8.78 Å². The summed E-state index contributed by atoms with van der Waals surface area (Å²) in [6.07, 6.45) is 0. The van der Waals surface area contributed by atoms with Crippen molar-refractivity contribution in [3.63, 3.8) is 0 Å². The van der Waals surface area contributed by atoms with Crippen molar-refractivity contribution in [1.29, 1.82) is 0 Å². The summed E-state index contributed by atoms with van der Waals surface area (Å²) >= 11 is 0. The second-order valence-electron chi connectivity index (χ2n) is 5.08. The number of guanidine groups is 1. The van der Waals surface area contributed by atoms with Gasteiger partial charge in [0, 0.05) is 25.8 Å². The van der Waals surface area contributed by atoms with Gasteiger partial charge in [-0.3, -0.25) is 0 Å². The lowest BCUT2D eigenvalue weighted by Crippen LogP contribution is -2.39. The Morgan fingerprint density at radius 3 is 2.62 bits per heavy atom. The number of nitrogens with one attached hydrogen (secondary N) is 2. The molecule has 0 aromatic heterocycles. The summed E-state index contributed by atoms with van der Waals surface area (Å²) in [5, 5.41) is 6.19. The van der Waals surface area contributed by atoms with Gasteiger partial charge in [0.25, 0.3) is 0 Å². The lowest BCUT2D eigenvalue weighted by molar-refractivity contribution is -0.0504. The molecule has 0 fully saturated rings. The third kappa shape index (κ3) is 8.82. The molecule has 148 valence electrons. The third-order valence-corrected chi connectivity index (χ3v) is 3.21. The Bertz CT molecular complexity index is 545. The van der Waals surface area contributed by atoms with Crippen LogP contribution in [0.3, 0.4) is 0 Å². The number of hydrogen-bond acceptors (Lipinski definition) is 5. The maximum absolute atomic E-state index is 12.6. The van der Waals surface area contributed by atoms with Gasteiger partial charge in [0.15, 0.2) is 5.96 Å². The molecule has 9 heteroatoms. The van der Waals surface area contributed by atoms with Gasteiger partial charge in [0.1, 0.15) is 11.5 Å². The van der Waals surface area contributed by atoms with Crippen molar-refractivity contribution in [2.75, 3.05) is 47.1 Å². The molecule has 26 heavy (non-hydrogen) atoms. The van der Waals surface area contributed by atoms with Gasteiger partial charge >= 0.3 is 6.61 Å². The first-order chi connectivity index (χ1) is 12.6. The van der Waals surface area contributed by atoms with Gasteiger partial charge in [-0.25, -0.2) is 4.99 Å². The molecule has 7 nitrogen and oxygen atoms in total. The van der Waals surface area contributed by atoms with E-state index in [4.69, 9.17) is 14.2 Å². The van der Waals surface area contributed by atoms with Crippen molar-refractivity contribution in [3.8, 4) is 11.5 Å². The minimum Gasteiger partial charge on any atom is -0.497 e. The lowest BCUT2D eigenvalue weighted by atomic mass is 10.2. The molecule has 1 aromatic rings. The van der Waals surface area contributed by atoms with Crippen molar-refractivity contribution in [2.24, 2.45) is 4.99 Å². The van der Waals surface area contributed by atoms with Crippen LogP contribution in [0.4, 0.5) is 8.78 Å². The predicted octanol–water partition coefficient (Wildman–Crippen LogP) is 2.01. The van der Waals surface area contributed by atoms with Gasteiger partial charge in [0.05, 0.1) is 33.5 Å². The molecule has 0 saturated heterocycles. The van der Waals surface area contributed by atoms with E-state index in [1.807, 2.05) is 6.92 Å². The maximum atomic E-state index is 12.6. The summed E-state index contributed by atoms with van der Waals surface area (Å²) in [6.45, 7) is 1.94. The van der Waals surface area contributed by atoms with E-state index in [2.05, 4.69) is 20.4 Å². The van der Waals surface area contributed by atoms with Crippen LogP contribution in [0.2, 0.25) is 0 Å². The molecule has 0 amide bonds. The molecule has 0 aliphatic rings. The van der Waals surface area contributed by atoms with E-state index in [-0.39, 0.29) is 12.3 Å². The smallest absolute Gasteiger partial charge is 0.387 e. The van der Waals surface area contributed by atoms with E-state index in [9.17, 15) is 8.78 Å². The SMILES string of the molecule is CCNC(=NCc1cc(OC)ccc1OC(F)F)NCCOCCOC. The monoisotopic (exact) mass is 375 g/mol. The number of ether oxygens (including phenoxy) is 4. The molecule has 1 aromatic carbocycles. The van der Waals surface area contributed by atoms with Crippen LogP contribution >= 0.6 is 0 Å². The molecule has 0 aliphatic carbocycles. The van der Waals surface area contributed by atoms with E-state index in [0.717, 1.165) is 0 Å². The number of rotatable bonds is 12. The molecule has 0 unspecified atom stereocenters. The molecular formula is C17H27F2N3O4. The Kier molecular flexibility index (Phi) is 11.1. The number of benzene rings is 1. The van der Waals surface area contributed by atoms with Gasteiger partial charge in [-0.05, 0) is 25.1 Å². The summed E-state index contributed by atoms with van der Waals surface area (Å²) in [5.41, 5.74) is 0.498. The van der Waals surface area contributed by atoms with E-state index in [0.29, 0.717) is 50.2 Å². The average Bonchev–Trinajstić information content (AvgIpc) is 2.63. The van der Waals surface area contributed by atoms with E-state index in [1.165, 1.54) is 13.2 Å². The lowest BCUT2D eigenvalue weighted by Gasteiger charge is -2.13. The number of halogens is 2. The minimum absolute atomic E-state index is 0.0725. The molecule has 0 saturated carbocycles. The van der Waals surface area contributed by atoms with Crippen LogP contribution in [0, 0.1) is 0 Å². The second kappa shape index (κ2) is 13.1. The van der Waals surface area contributed by atoms with Crippen LogP contribution in [0.1, 0.15) is 12.5 Å². The van der Waals surface area contributed by atoms with E-state index < -0.39 is 6.61 Å². The highest BCUT2D eigenvalue weighted by Gasteiger charge is 2.11. The number of hydrogen-bond donors (Lipinski definition) is 2. The Morgan fingerprint density at radius 2 is 1.96 bits per heavy atom. The summed E-state index contributed by atoms with van der Waals surface area (Å²) in [4.78, 5) is 4.39. The molecule has 0 bridgehead atoms. The molecule has 0 aliphatic heterocycles. The normalized spacial score (nSPS) is 11.5. The second-order valence-corrected chi connectivity index (χ2v) is 5.08. The third-order valence-electron chi connectivity index (χ3n) is 3.21. The van der Waals surface area contributed by atoms with Crippen LogP contribution < -0.4 is 20.1 Å². The molecule has 0 atom stereocenters. The van der Waals surface area contributed by atoms with Crippen molar-refractivity contribution in [2.45, 2.75) is 20.1 Å². The van der Waals surface area contributed by atoms with Gasteiger partial charge in [-0.15, -0.1) is 0 Å². The number of alkyl halides is 2. The van der Waals surface area contributed by atoms with Gasteiger partial charge in [-0.1, -0.05) is 0 Å². The summed E-state index contributed by atoms with van der Waals surface area (Å²) in [5.74, 6) is 1.17. The highest BCUT2D eigenvalue weighted by molar-refractivity contribution is 5.79. The molecule has 1 rings (SSSR count). The maximum Gasteiger partial charge on any atom is 0.387 e. The van der Waals surface area contributed by atoms with Crippen LogP contribution in [0.15, 0.2) is 23.2 Å². The summed E-state index contributed by atoms with van der Waals surface area (Å²) < 4.78 is 45.1. The Morgan fingerprint density at radius 1 is 1.15 bits per heavy atom. The fraction of sp³-hybridized carbons (Fsp3) is 0.588. The van der Waals surface area contributed by atoms with Crippen LogP contribution in [-0.2, 0) is 16.0 Å². The van der Waals surface area contributed by atoms with E-state index >= 15 is 0 Å². The largest absolute Gasteiger partial charge is 0.497 e. The number of aliphatic imine (C=N–C) groups is 1.